The SMILES string of the molecule is O=C(NC1CC1)[C@H]1CCCN(S(=O)(=O)c2c[nH]c(C(=O)N3CCCCCC3)c2)C1. The van der Waals surface area contributed by atoms with Crippen molar-refractivity contribution in [1.29, 1.82) is 0 Å². The van der Waals surface area contributed by atoms with Crippen LogP contribution in [0.3, 0.4) is 0 Å². The minimum absolute atomic E-state index is 0.0431. The van der Waals surface area contributed by atoms with Crippen molar-refractivity contribution in [3.63, 3.8) is 0 Å². The predicted octanol–water partition coefficient (Wildman–Crippen LogP) is 1.71. The third-order valence-corrected chi connectivity index (χ3v) is 7.94. The zero-order valence-corrected chi connectivity index (χ0v) is 17.5. The molecule has 2 amide bonds. The first-order valence-corrected chi connectivity index (χ1v) is 12.2. The van der Waals surface area contributed by atoms with E-state index in [4.69, 9.17) is 0 Å². The number of sulfonamides is 1. The van der Waals surface area contributed by atoms with Gasteiger partial charge in [0, 0.05) is 38.4 Å². The lowest BCUT2D eigenvalue weighted by Crippen LogP contribution is -2.45. The molecule has 3 aliphatic rings. The minimum atomic E-state index is -3.74. The molecule has 1 aromatic rings. The number of hydrogen-bond donors (Lipinski definition) is 2. The van der Waals surface area contributed by atoms with Crippen LogP contribution in [0.25, 0.3) is 0 Å². The van der Waals surface area contributed by atoms with Gasteiger partial charge >= 0.3 is 0 Å². The second-order valence-electron chi connectivity index (χ2n) is 8.44. The number of likely N-dealkylation sites (tertiary alicyclic amines) is 1. The number of nitrogens with one attached hydrogen (secondary N) is 2. The number of amides is 2. The normalized spacial score (nSPS) is 24.1. The molecule has 0 spiro atoms. The van der Waals surface area contributed by atoms with E-state index in [1.165, 1.54) is 16.6 Å². The summed E-state index contributed by atoms with van der Waals surface area (Å²) in [5.41, 5.74) is 0.311. The molecule has 1 aliphatic carbocycles. The Labute approximate surface area is 172 Å². The van der Waals surface area contributed by atoms with Gasteiger partial charge < -0.3 is 15.2 Å². The molecule has 0 unspecified atom stereocenters. The van der Waals surface area contributed by atoms with Crippen molar-refractivity contribution < 1.29 is 18.0 Å². The Bertz CT molecular complexity index is 854. The van der Waals surface area contributed by atoms with Crippen LogP contribution in [0.2, 0.25) is 0 Å². The average molecular weight is 423 g/mol. The van der Waals surface area contributed by atoms with Gasteiger partial charge in [-0.1, -0.05) is 12.8 Å². The molecule has 4 rings (SSSR count). The van der Waals surface area contributed by atoms with Crippen molar-refractivity contribution in [3.05, 3.63) is 18.0 Å². The highest BCUT2D eigenvalue weighted by atomic mass is 32.2. The Morgan fingerprint density at radius 2 is 1.72 bits per heavy atom. The Hall–Kier alpha value is -1.87. The lowest BCUT2D eigenvalue weighted by Gasteiger charge is -2.31. The third-order valence-electron chi connectivity index (χ3n) is 6.10. The van der Waals surface area contributed by atoms with E-state index in [0.717, 1.165) is 38.5 Å². The molecule has 2 N–H and O–H groups in total. The molecule has 1 aromatic heterocycles. The zero-order chi connectivity index (χ0) is 20.4. The molecular formula is C20H30N4O4S. The van der Waals surface area contributed by atoms with Gasteiger partial charge in [0.05, 0.1) is 5.92 Å². The van der Waals surface area contributed by atoms with Gasteiger partial charge in [-0.15, -0.1) is 0 Å². The second-order valence-corrected chi connectivity index (χ2v) is 10.4. The summed E-state index contributed by atoms with van der Waals surface area (Å²) in [5.74, 6) is -0.497. The molecular weight excluding hydrogens is 392 g/mol. The number of piperidine rings is 1. The summed E-state index contributed by atoms with van der Waals surface area (Å²) in [6.45, 7) is 2.02. The van der Waals surface area contributed by atoms with Crippen LogP contribution >= 0.6 is 0 Å². The van der Waals surface area contributed by atoms with Crippen molar-refractivity contribution in [2.24, 2.45) is 5.92 Å². The smallest absolute Gasteiger partial charge is 0.270 e. The van der Waals surface area contributed by atoms with Gasteiger partial charge in [0.15, 0.2) is 0 Å². The quantitative estimate of drug-likeness (QED) is 0.754. The van der Waals surface area contributed by atoms with Crippen LogP contribution in [0.15, 0.2) is 17.2 Å². The number of rotatable bonds is 5. The number of carbonyl (C=O) groups is 2. The highest BCUT2D eigenvalue weighted by Gasteiger charge is 2.36. The Morgan fingerprint density at radius 3 is 2.41 bits per heavy atom. The maximum absolute atomic E-state index is 13.1. The van der Waals surface area contributed by atoms with Crippen LogP contribution in [0.4, 0.5) is 0 Å². The lowest BCUT2D eigenvalue weighted by molar-refractivity contribution is -0.126. The molecule has 2 saturated heterocycles. The van der Waals surface area contributed by atoms with Gasteiger partial charge in [0.2, 0.25) is 15.9 Å². The molecule has 0 radical (unpaired) electrons. The Balaban J connectivity index is 1.44. The van der Waals surface area contributed by atoms with Crippen LogP contribution < -0.4 is 5.32 Å². The van der Waals surface area contributed by atoms with Gasteiger partial charge in [0.25, 0.3) is 5.91 Å². The van der Waals surface area contributed by atoms with Gasteiger partial charge in [0.1, 0.15) is 10.6 Å². The van der Waals surface area contributed by atoms with Gasteiger partial charge in [-0.05, 0) is 44.6 Å². The lowest BCUT2D eigenvalue weighted by atomic mass is 9.99. The molecule has 1 saturated carbocycles. The summed E-state index contributed by atoms with van der Waals surface area (Å²) in [4.78, 5) is 29.9. The van der Waals surface area contributed by atoms with Crippen LogP contribution in [0.1, 0.15) is 61.9 Å². The topological polar surface area (TPSA) is 103 Å². The van der Waals surface area contributed by atoms with E-state index in [-0.39, 0.29) is 35.2 Å². The molecule has 2 aliphatic heterocycles. The van der Waals surface area contributed by atoms with Gasteiger partial charge in [-0.25, -0.2) is 8.42 Å². The van der Waals surface area contributed by atoms with E-state index in [9.17, 15) is 18.0 Å². The number of hydrogen-bond acceptors (Lipinski definition) is 4. The third kappa shape index (κ3) is 4.66. The minimum Gasteiger partial charge on any atom is -0.356 e. The van der Waals surface area contributed by atoms with Crippen LogP contribution in [0, 0.1) is 5.92 Å². The standard InChI is InChI=1S/C20H30N4O4S/c25-19(22-16-7-8-16)15-6-5-11-24(14-15)29(27,28)17-12-18(21-13-17)20(26)23-9-3-1-2-4-10-23/h12-13,15-16,21H,1-11,14H2,(H,22,25)/t15-/m0/s1. The Morgan fingerprint density at radius 1 is 1.00 bits per heavy atom. The van der Waals surface area contributed by atoms with Gasteiger partial charge in [-0.2, -0.15) is 4.31 Å². The van der Waals surface area contributed by atoms with E-state index in [1.807, 2.05) is 0 Å². The van der Waals surface area contributed by atoms with E-state index in [1.54, 1.807) is 4.90 Å². The van der Waals surface area contributed by atoms with E-state index in [2.05, 4.69) is 10.3 Å². The zero-order valence-electron chi connectivity index (χ0n) is 16.7. The summed E-state index contributed by atoms with van der Waals surface area (Å²) in [6.07, 6.45) is 8.99. The number of aromatic amines is 1. The molecule has 3 heterocycles. The number of H-pyrrole nitrogens is 1. The highest BCUT2D eigenvalue weighted by molar-refractivity contribution is 7.89. The van der Waals surface area contributed by atoms with Crippen molar-refractivity contribution >= 4 is 21.8 Å². The summed E-state index contributed by atoms with van der Waals surface area (Å²) < 4.78 is 27.6. The maximum Gasteiger partial charge on any atom is 0.270 e. The molecule has 29 heavy (non-hydrogen) atoms. The van der Waals surface area contributed by atoms with Crippen molar-refractivity contribution in [2.45, 2.75) is 62.3 Å². The monoisotopic (exact) mass is 422 g/mol. The fourth-order valence-electron chi connectivity index (χ4n) is 4.16. The molecule has 3 fully saturated rings. The fourth-order valence-corrected chi connectivity index (χ4v) is 5.68. The number of aromatic nitrogens is 1. The number of carbonyl (C=O) groups excluding carboxylic acids is 2. The first kappa shape index (κ1) is 20.4. The molecule has 8 nitrogen and oxygen atoms in total. The van der Waals surface area contributed by atoms with E-state index in [0.29, 0.717) is 38.2 Å². The molecule has 0 bridgehead atoms. The summed E-state index contributed by atoms with van der Waals surface area (Å²) in [7, 11) is -3.74. The second kappa shape index (κ2) is 8.47. The van der Waals surface area contributed by atoms with Crippen LogP contribution in [-0.4, -0.2) is 66.6 Å². The van der Waals surface area contributed by atoms with Crippen LogP contribution in [0.5, 0.6) is 0 Å². The van der Waals surface area contributed by atoms with Crippen molar-refractivity contribution in [1.82, 2.24) is 19.5 Å². The first-order valence-electron chi connectivity index (χ1n) is 10.7. The molecule has 0 aromatic carbocycles. The summed E-state index contributed by atoms with van der Waals surface area (Å²) in [5, 5.41) is 2.98. The number of nitrogens with zero attached hydrogens (tertiary/aromatic N) is 2. The average Bonchev–Trinajstić information content (AvgIpc) is 3.46. The van der Waals surface area contributed by atoms with E-state index < -0.39 is 10.0 Å². The summed E-state index contributed by atoms with van der Waals surface area (Å²) >= 11 is 0. The molecule has 1 atom stereocenters. The predicted molar refractivity (Wildman–Crippen MR) is 108 cm³/mol. The van der Waals surface area contributed by atoms with Gasteiger partial charge in [-0.3, -0.25) is 9.59 Å². The van der Waals surface area contributed by atoms with E-state index >= 15 is 0 Å². The fraction of sp³-hybridized carbons (Fsp3) is 0.700. The van der Waals surface area contributed by atoms with Crippen molar-refractivity contribution in [2.75, 3.05) is 26.2 Å². The summed E-state index contributed by atoms with van der Waals surface area (Å²) in [6, 6.07) is 1.71. The highest BCUT2D eigenvalue weighted by Crippen LogP contribution is 2.26. The molecule has 9 heteroatoms. The van der Waals surface area contributed by atoms with Crippen molar-refractivity contribution in [3.8, 4) is 0 Å². The molecule has 160 valence electrons. The largest absolute Gasteiger partial charge is 0.356 e. The maximum atomic E-state index is 13.1. The Kier molecular flexibility index (Phi) is 5.96. The van der Waals surface area contributed by atoms with Crippen LogP contribution in [-0.2, 0) is 14.8 Å². The first-order chi connectivity index (χ1) is 13.9.